The molecule has 0 aliphatic carbocycles. The van der Waals surface area contributed by atoms with E-state index in [-0.39, 0.29) is 11.9 Å². The fourth-order valence-corrected chi connectivity index (χ4v) is 2.99. The zero-order valence-corrected chi connectivity index (χ0v) is 17.7. The van der Waals surface area contributed by atoms with Crippen molar-refractivity contribution < 1.29 is 14.3 Å². The number of hydrogen-bond donors (Lipinski definition) is 1. The van der Waals surface area contributed by atoms with Gasteiger partial charge in [0.05, 0.1) is 25.6 Å². The summed E-state index contributed by atoms with van der Waals surface area (Å²) in [6, 6.07) is 14.5. The molecule has 1 atom stereocenters. The Kier molecular flexibility index (Phi) is 6.44. The number of hydrogen-bond acceptors (Lipinski definition) is 4. The van der Waals surface area contributed by atoms with E-state index >= 15 is 0 Å². The summed E-state index contributed by atoms with van der Waals surface area (Å²) in [5.74, 6) is 1.09. The molecule has 0 bridgehead atoms. The Morgan fingerprint density at radius 2 is 1.86 bits per heavy atom. The summed E-state index contributed by atoms with van der Waals surface area (Å²) >= 11 is 6.02. The van der Waals surface area contributed by atoms with Gasteiger partial charge in [-0.1, -0.05) is 18.5 Å². The summed E-state index contributed by atoms with van der Waals surface area (Å²) in [6.07, 6.45) is 0.833. The first-order valence-electron chi connectivity index (χ1n) is 9.36. The lowest BCUT2D eigenvalue weighted by Crippen LogP contribution is -2.33. The molecular weight excluding hydrogens is 390 g/mol. The highest BCUT2D eigenvalue weighted by Crippen LogP contribution is 2.33. The highest BCUT2D eigenvalue weighted by Gasteiger charge is 2.20. The molecule has 29 heavy (non-hydrogen) atoms. The molecule has 0 aliphatic heterocycles. The molecule has 3 aromatic rings. The molecule has 1 amide bonds. The van der Waals surface area contributed by atoms with Crippen LogP contribution in [-0.4, -0.2) is 35.9 Å². The third-order valence-corrected chi connectivity index (χ3v) is 4.94. The van der Waals surface area contributed by atoms with Crippen LogP contribution >= 0.6 is 11.6 Å². The summed E-state index contributed by atoms with van der Waals surface area (Å²) in [4.78, 5) is 12.9. The number of rotatable bonds is 7. The van der Waals surface area contributed by atoms with Crippen molar-refractivity contribution in [2.24, 2.45) is 0 Å². The highest BCUT2D eigenvalue weighted by molar-refractivity contribution is 6.30. The van der Waals surface area contributed by atoms with Crippen molar-refractivity contribution in [2.75, 3.05) is 14.2 Å². The molecule has 0 saturated carbocycles. The highest BCUT2D eigenvalue weighted by atomic mass is 35.5. The Labute approximate surface area is 175 Å². The number of ether oxygens (including phenoxy) is 2. The van der Waals surface area contributed by atoms with Crippen LogP contribution in [0.3, 0.4) is 0 Å². The molecule has 1 unspecified atom stereocenters. The minimum atomic E-state index is -0.194. The van der Waals surface area contributed by atoms with Gasteiger partial charge in [0.1, 0.15) is 17.2 Å². The number of carbonyl (C=O) groups excluding carboxylic acids is 1. The molecular formula is C22H24ClN3O3. The van der Waals surface area contributed by atoms with E-state index in [9.17, 15) is 4.79 Å². The van der Waals surface area contributed by atoms with Gasteiger partial charge in [-0.2, -0.15) is 5.10 Å². The number of amides is 1. The molecule has 1 heterocycles. The summed E-state index contributed by atoms with van der Waals surface area (Å²) in [5.41, 5.74) is 2.55. The maximum atomic E-state index is 12.9. The van der Waals surface area contributed by atoms with Gasteiger partial charge in [0.2, 0.25) is 0 Å². The lowest BCUT2D eigenvalue weighted by molar-refractivity contribution is 0.0931. The fourth-order valence-electron chi connectivity index (χ4n) is 2.86. The zero-order valence-electron chi connectivity index (χ0n) is 16.9. The van der Waals surface area contributed by atoms with Gasteiger partial charge in [0.25, 0.3) is 5.91 Å². The van der Waals surface area contributed by atoms with Crippen LogP contribution in [0.1, 0.15) is 30.8 Å². The van der Waals surface area contributed by atoms with Gasteiger partial charge in [-0.3, -0.25) is 4.79 Å². The molecule has 2 aromatic carbocycles. The van der Waals surface area contributed by atoms with E-state index in [0.717, 1.165) is 17.7 Å². The van der Waals surface area contributed by atoms with Gasteiger partial charge >= 0.3 is 0 Å². The molecule has 7 heteroatoms. The molecule has 0 fully saturated rings. The van der Waals surface area contributed by atoms with Crippen molar-refractivity contribution in [3.05, 3.63) is 59.2 Å². The zero-order chi connectivity index (χ0) is 21.0. The lowest BCUT2D eigenvalue weighted by atomic mass is 10.1. The van der Waals surface area contributed by atoms with Crippen LogP contribution in [0.2, 0.25) is 5.02 Å². The van der Waals surface area contributed by atoms with E-state index in [4.69, 9.17) is 26.2 Å². The molecule has 6 nitrogen and oxygen atoms in total. The number of nitrogens with one attached hydrogen (secondary N) is 1. The van der Waals surface area contributed by atoms with Crippen molar-refractivity contribution in [1.29, 1.82) is 0 Å². The van der Waals surface area contributed by atoms with Gasteiger partial charge < -0.3 is 14.8 Å². The largest absolute Gasteiger partial charge is 0.497 e. The maximum absolute atomic E-state index is 12.9. The maximum Gasteiger partial charge on any atom is 0.270 e. The minimum absolute atomic E-state index is 0.0510. The second kappa shape index (κ2) is 9.01. The van der Waals surface area contributed by atoms with Crippen LogP contribution in [-0.2, 0) is 0 Å². The van der Waals surface area contributed by atoms with Crippen molar-refractivity contribution in [1.82, 2.24) is 15.1 Å². The fraction of sp³-hybridized carbons (Fsp3) is 0.273. The molecule has 1 N–H and O–H groups in total. The van der Waals surface area contributed by atoms with E-state index in [0.29, 0.717) is 27.9 Å². The quantitative estimate of drug-likeness (QED) is 0.607. The van der Waals surface area contributed by atoms with E-state index in [1.165, 1.54) is 0 Å². The average molecular weight is 414 g/mol. The third kappa shape index (κ3) is 4.54. The first kappa shape index (κ1) is 20.7. The number of methoxy groups -OCH3 is 2. The first-order valence-corrected chi connectivity index (χ1v) is 9.73. The Morgan fingerprint density at radius 3 is 2.48 bits per heavy atom. The Hall–Kier alpha value is -2.99. The standard InChI is InChI=1S/C22H24ClN3O3/c1-5-14(2)24-22(27)20-13-19(18-11-10-17(28-3)12-21(18)29-4)25-26(20)16-8-6-15(23)7-9-16/h6-14H,5H2,1-4H3,(H,24,27). The Bertz CT molecular complexity index is 999. The molecule has 0 radical (unpaired) electrons. The predicted molar refractivity (Wildman–Crippen MR) is 114 cm³/mol. The molecule has 152 valence electrons. The number of aromatic nitrogens is 2. The molecule has 0 aliphatic rings. The van der Waals surface area contributed by atoms with Crippen molar-refractivity contribution in [3.8, 4) is 28.4 Å². The molecule has 3 rings (SSSR count). The topological polar surface area (TPSA) is 65.4 Å². The van der Waals surface area contributed by atoms with Crippen LogP contribution in [0.25, 0.3) is 16.9 Å². The summed E-state index contributed by atoms with van der Waals surface area (Å²) in [5, 5.41) is 8.31. The Balaban J connectivity index is 2.11. The second-order valence-corrected chi connectivity index (χ2v) is 7.09. The van der Waals surface area contributed by atoms with Crippen LogP contribution in [0, 0.1) is 0 Å². The third-order valence-electron chi connectivity index (χ3n) is 4.69. The van der Waals surface area contributed by atoms with Gasteiger partial charge in [-0.25, -0.2) is 4.68 Å². The number of nitrogens with zero attached hydrogens (tertiary/aromatic N) is 2. The van der Waals surface area contributed by atoms with E-state index in [1.807, 2.05) is 38.1 Å². The SMILES string of the molecule is CCC(C)NC(=O)c1cc(-c2ccc(OC)cc2OC)nn1-c1ccc(Cl)cc1. The van der Waals surface area contributed by atoms with Gasteiger partial charge in [0.15, 0.2) is 0 Å². The van der Waals surface area contributed by atoms with Crippen molar-refractivity contribution in [3.63, 3.8) is 0 Å². The summed E-state index contributed by atoms with van der Waals surface area (Å²) < 4.78 is 12.4. The first-order chi connectivity index (χ1) is 14.0. The lowest BCUT2D eigenvalue weighted by Gasteiger charge is -2.12. The normalized spacial score (nSPS) is 11.8. The van der Waals surface area contributed by atoms with Gasteiger partial charge in [-0.15, -0.1) is 0 Å². The summed E-state index contributed by atoms with van der Waals surface area (Å²) in [6.45, 7) is 3.99. The van der Waals surface area contributed by atoms with Gasteiger partial charge in [-0.05, 0) is 55.8 Å². The monoisotopic (exact) mass is 413 g/mol. The van der Waals surface area contributed by atoms with Crippen molar-refractivity contribution in [2.45, 2.75) is 26.3 Å². The van der Waals surface area contributed by atoms with E-state index in [1.54, 1.807) is 43.2 Å². The summed E-state index contributed by atoms with van der Waals surface area (Å²) in [7, 11) is 3.19. The number of benzene rings is 2. The van der Waals surface area contributed by atoms with Crippen LogP contribution < -0.4 is 14.8 Å². The van der Waals surface area contributed by atoms with Crippen LogP contribution in [0.5, 0.6) is 11.5 Å². The van der Waals surface area contributed by atoms with Crippen LogP contribution in [0.4, 0.5) is 0 Å². The second-order valence-electron chi connectivity index (χ2n) is 6.65. The average Bonchev–Trinajstić information content (AvgIpc) is 3.19. The minimum Gasteiger partial charge on any atom is -0.497 e. The molecule has 0 saturated heterocycles. The molecule has 1 aromatic heterocycles. The smallest absolute Gasteiger partial charge is 0.270 e. The number of carbonyl (C=O) groups is 1. The van der Waals surface area contributed by atoms with E-state index < -0.39 is 0 Å². The number of halogens is 1. The van der Waals surface area contributed by atoms with Crippen LogP contribution in [0.15, 0.2) is 48.5 Å². The Morgan fingerprint density at radius 1 is 1.14 bits per heavy atom. The van der Waals surface area contributed by atoms with Gasteiger partial charge in [0, 0.05) is 22.7 Å². The van der Waals surface area contributed by atoms with E-state index in [2.05, 4.69) is 5.32 Å². The molecule has 0 spiro atoms. The predicted octanol–water partition coefficient (Wildman–Crippen LogP) is 4.74. The van der Waals surface area contributed by atoms with Crippen molar-refractivity contribution >= 4 is 17.5 Å².